The quantitative estimate of drug-likeness (QED) is 0.654. The zero-order valence-electron chi connectivity index (χ0n) is 9.47. The van der Waals surface area contributed by atoms with E-state index < -0.39 is 17.8 Å². The van der Waals surface area contributed by atoms with Gasteiger partial charge in [-0.15, -0.1) is 4.15 Å². The van der Waals surface area contributed by atoms with Crippen LogP contribution in [0.2, 0.25) is 0 Å². The van der Waals surface area contributed by atoms with E-state index in [1.165, 1.54) is 0 Å². The van der Waals surface area contributed by atoms with Gasteiger partial charge in [0.2, 0.25) is 0 Å². The van der Waals surface area contributed by atoms with Crippen molar-refractivity contribution < 1.29 is 22.0 Å². The van der Waals surface area contributed by atoms with E-state index in [1.807, 2.05) is 0 Å². The Hall–Kier alpha value is 0.0600. The van der Waals surface area contributed by atoms with E-state index >= 15 is 0 Å². The van der Waals surface area contributed by atoms with Crippen molar-refractivity contribution in [1.82, 2.24) is 0 Å². The van der Waals surface area contributed by atoms with E-state index in [2.05, 4.69) is 4.15 Å². The van der Waals surface area contributed by atoms with Crippen LogP contribution in [0.4, 0.5) is 0 Å². The van der Waals surface area contributed by atoms with Crippen molar-refractivity contribution >= 4 is 17.8 Å². The van der Waals surface area contributed by atoms with Gasteiger partial charge in [-0.2, -0.15) is 0 Å². The molecule has 0 aromatic rings. The summed E-state index contributed by atoms with van der Waals surface area (Å²) < 4.78 is 41.3. The molecule has 0 N–H and O–H groups in total. The minimum atomic E-state index is -3.55. The van der Waals surface area contributed by atoms with Crippen molar-refractivity contribution in [3.05, 3.63) is 0 Å². The van der Waals surface area contributed by atoms with Crippen LogP contribution >= 0.6 is 7.74 Å². The fraction of sp³-hybridized carbons (Fsp3) is 1.00. The molecule has 0 amide bonds. The summed E-state index contributed by atoms with van der Waals surface area (Å²) in [6.45, 7) is 6.03. The zero-order valence-corrected chi connectivity index (χ0v) is 11.2. The van der Waals surface area contributed by atoms with Gasteiger partial charge in [-0.25, -0.2) is 8.42 Å². The number of hydrogen-bond donors (Lipinski definition) is 0. The molecule has 0 radical (unpaired) electrons. The van der Waals surface area contributed by atoms with Gasteiger partial charge in [0.25, 0.3) is 10.0 Å². The van der Waals surface area contributed by atoms with Crippen molar-refractivity contribution in [3.8, 4) is 0 Å². The lowest BCUT2D eigenvalue weighted by atomic mass is 10.9. The summed E-state index contributed by atoms with van der Waals surface area (Å²) in [4.78, 5) is 0. The van der Waals surface area contributed by atoms with Gasteiger partial charge >= 0.3 is 7.74 Å². The molecule has 0 saturated carbocycles. The minimum absolute atomic E-state index is 0.285. The lowest BCUT2D eigenvalue weighted by Gasteiger charge is -2.20. The smallest absolute Gasteiger partial charge is 0.302 e. The summed E-state index contributed by atoms with van der Waals surface area (Å²) in [7, 11) is -6.63. The van der Waals surface area contributed by atoms with Gasteiger partial charge in [-0.05, 0) is 20.8 Å². The molecule has 15 heavy (non-hydrogen) atoms. The lowest BCUT2D eigenvalue weighted by molar-refractivity contribution is 0.164. The maximum atomic E-state index is 11.1. The van der Waals surface area contributed by atoms with Crippen LogP contribution in [0.3, 0.4) is 0 Å². The van der Waals surface area contributed by atoms with Crippen LogP contribution in [0.25, 0.3) is 0 Å². The summed E-state index contributed by atoms with van der Waals surface area (Å²) in [5, 5.41) is 0. The fourth-order valence-electron chi connectivity index (χ4n) is 0.854. The molecule has 0 bridgehead atoms. The van der Waals surface area contributed by atoms with Gasteiger partial charge in [0, 0.05) is 0 Å². The van der Waals surface area contributed by atoms with E-state index in [0.29, 0.717) is 0 Å². The standard InChI is InChI=1S/C7H18NO5PS/c1-5-11-14(12-6-2,13-7-3)8-15(4,9)10/h5-7H2,1-4H3. The Morgan fingerprint density at radius 3 is 1.53 bits per heavy atom. The average Bonchev–Trinajstić information content (AvgIpc) is 2.01. The van der Waals surface area contributed by atoms with Crippen LogP contribution in [-0.2, 0) is 23.6 Å². The SMILES string of the molecule is CCOP(=NS(C)(=O)=O)(OCC)OCC. The molecule has 0 unspecified atom stereocenters. The molecule has 92 valence electrons. The maximum absolute atomic E-state index is 11.1. The van der Waals surface area contributed by atoms with Gasteiger partial charge in [-0.1, -0.05) is 0 Å². The van der Waals surface area contributed by atoms with E-state index in [4.69, 9.17) is 13.6 Å². The highest BCUT2D eigenvalue weighted by molar-refractivity contribution is 7.92. The second-order valence-electron chi connectivity index (χ2n) is 2.54. The van der Waals surface area contributed by atoms with Crippen LogP contribution in [0.5, 0.6) is 0 Å². The highest BCUT2D eigenvalue weighted by Gasteiger charge is 2.25. The maximum Gasteiger partial charge on any atom is 0.371 e. The first kappa shape index (κ1) is 15.1. The van der Waals surface area contributed by atoms with Gasteiger partial charge in [0.05, 0.1) is 26.1 Å². The van der Waals surface area contributed by atoms with Crippen molar-refractivity contribution in [1.29, 1.82) is 0 Å². The molecule has 0 rings (SSSR count). The molecule has 0 spiro atoms. The molecular weight excluding hydrogens is 241 g/mol. The molecule has 0 aliphatic heterocycles. The molecular formula is C7H18NO5PS. The van der Waals surface area contributed by atoms with Crippen LogP contribution in [0.1, 0.15) is 20.8 Å². The Bertz CT molecular complexity index is 302. The monoisotopic (exact) mass is 259 g/mol. The first-order valence-corrected chi connectivity index (χ1v) is 8.00. The molecule has 0 aliphatic rings. The fourth-order valence-corrected chi connectivity index (χ4v) is 4.07. The first-order valence-electron chi connectivity index (χ1n) is 4.66. The lowest BCUT2D eigenvalue weighted by Crippen LogP contribution is -2.03. The summed E-state index contributed by atoms with van der Waals surface area (Å²) in [6.07, 6.45) is 0.985. The summed E-state index contributed by atoms with van der Waals surface area (Å²) in [5.74, 6) is 0. The van der Waals surface area contributed by atoms with E-state index in [9.17, 15) is 8.42 Å². The third kappa shape index (κ3) is 6.27. The summed E-state index contributed by atoms with van der Waals surface area (Å²) in [6, 6.07) is 0. The molecule has 0 aromatic heterocycles. The molecule has 0 saturated heterocycles. The number of rotatable bonds is 7. The Kier molecular flexibility index (Phi) is 6.63. The zero-order chi connectivity index (χ0) is 11.9. The molecule has 0 aliphatic carbocycles. The Labute approximate surface area is 91.3 Å². The highest BCUT2D eigenvalue weighted by Crippen LogP contribution is 2.53. The van der Waals surface area contributed by atoms with E-state index in [0.717, 1.165) is 6.26 Å². The van der Waals surface area contributed by atoms with E-state index in [-0.39, 0.29) is 19.8 Å². The highest BCUT2D eigenvalue weighted by atomic mass is 32.2. The predicted molar refractivity (Wildman–Crippen MR) is 59.1 cm³/mol. The molecule has 0 aromatic carbocycles. The van der Waals surface area contributed by atoms with Gasteiger partial charge in [0.1, 0.15) is 0 Å². The molecule has 8 heteroatoms. The van der Waals surface area contributed by atoms with Gasteiger partial charge < -0.3 is 13.6 Å². The molecule has 0 atom stereocenters. The Morgan fingerprint density at radius 1 is 1.00 bits per heavy atom. The summed E-state index contributed by atoms with van der Waals surface area (Å²) in [5.41, 5.74) is 0. The first-order chi connectivity index (χ1) is 6.89. The Balaban J connectivity index is 5.19. The molecule has 0 heterocycles. The molecule has 6 nitrogen and oxygen atoms in total. The third-order valence-corrected chi connectivity index (χ3v) is 4.87. The second-order valence-corrected chi connectivity index (χ2v) is 6.37. The van der Waals surface area contributed by atoms with Gasteiger partial charge in [0.15, 0.2) is 0 Å². The van der Waals surface area contributed by atoms with E-state index in [1.54, 1.807) is 20.8 Å². The third-order valence-electron chi connectivity index (χ3n) is 1.13. The van der Waals surface area contributed by atoms with Crippen molar-refractivity contribution in [2.24, 2.45) is 4.15 Å². The van der Waals surface area contributed by atoms with Crippen molar-refractivity contribution in [2.75, 3.05) is 26.1 Å². The minimum Gasteiger partial charge on any atom is -0.302 e. The van der Waals surface area contributed by atoms with Crippen LogP contribution in [-0.4, -0.2) is 34.5 Å². The largest absolute Gasteiger partial charge is 0.371 e. The predicted octanol–water partition coefficient (Wildman–Crippen LogP) is 2.00. The van der Waals surface area contributed by atoms with Crippen molar-refractivity contribution in [2.45, 2.75) is 20.8 Å². The molecule has 0 fully saturated rings. The normalized spacial score (nSPS) is 12.8. The van der Waals surface area contributed by atoms with Crippen molar-refractivity contribution in [3.63, 3.8) is 0 Å². The average molecular weight is 259 g/mol. The topological polar surface area (TPSA) is 74.2 Å². The van der Waals surface area contributed by atoms with Crippen LogP contribution in [0.15, 0.2) is 4.15 Å². The van der Waals surface area contributed by atoms with Crippen LogP contribution in [0, 0.1) is 0 Å². The summed E-state index contributed by atoms with van der Waals surface area (Å²) >= 11 is 0. The number of sulfonamides is 1. The number of nitrogens with zero attached hydrogens (tertiary/aromatic N) is 1. The van der Waals surface area contributed by atoms with Gasteiger partial charge in [-0.3, -0.25) is 0 Å². The van der Waals surface area contributed by atoms with Crippen LogP contribution < -0.4 is 0 Å². The number of hydrogen-bond acceptors (Lipinski definition) is 5. The second kappa shape index (κ2) is 6.60. The Morgan fingerprint density at radius 2 is 1.33 bits per heavy atom.